The van der Waals surface area contributed by atoms with Crippen LogP contribution >= 0.6 is 23.2 Å². The van der Waals surface area contributed by atoms with Gasteiger partial charge in [-0.1, -0.05) is 59.6 Å². The first-order valence-corrected chi connectivity index (χ1v) is 7.71. The van der Waals surface area contributed by atoms with Gasteiger partial charge in [-0.15, -0.1) is 0 Å². The van der Waals surface area contributed by atoms with Crippen LogP contribution < -0.4 is 5.73 Å². The summed E-state index contributed by atoms with van der Waals surface area (Å²) in [5.74, 6) is 0.316. The van der Waals surface area contributed by atoms with Gasteiger partial charge in [-0.3, -0.25) is 0 Å². The van der Waals surface area contributed by atoms with Crippen LogP contribution in [0.4, 0.5) is 0 Å². The van der Waals surface area contributed by atoms with Crippen molar-refractivity contribution >= 4 is 23.2 Å². The van der Waals surface area contributed by atoms with Crippen molar-refractivity contribution in [2.45, 2.75) is 31.2 Å². The van der Waals surface area contributed by atoms with E-state index in [0.29, 0.717) is 16.0 Å². The lowest BCUT2D eigenvalue weighted by Crippen LogP contribution is -2.23. The Bertz CT molecular complexity index is 624. The van der Waals surface area contributed by atoms with E-state index in [4.69, 9.17) is 28.9 Å². The molecule has 0 aliphatic heterocycles. The molecule has 104 valence electrons. The third-order valence-corrected chi connectivity index (χ3v) is 5.02. The Kier molecular flexibility index (Phi) is 4.02. The van der Waals surface area contributed by atoms with Crippen molar-refractivity contribution in [3.63, 3.8) is 0 Å². The van der Waals surface area contributed by atoms with E-state index >= 15 is 0 Å². The average Bonchev–Trinajstić information content (AvgIpc) is 2.49. The SMILES string of the molecule is NC(c1cccc(Cl)c1Cl)C1CCCc2ccccc21. The standard InChI is InChI=1S/C17H17Cl2N/c18-15-10-4-9-14(16(15)19)17(20)13-8-3-6-11-5-1-2-7-12(11)13/h1-2,4-5,7,9-10,13,17H,3,6,8,20H2. The molecule has 0 amide bonds. The minimum atomic E-state index is -0.109. The zero-order valence-electron chi connectivity index (χ0n) is 11.2. The van der Waals surface area contributed by atoms with Crippen LogP contribution in [0.2, 0.25) is 10.0 Å². The van der Waals surface area contributed by atoms with E-state index in [1.165, 1.54) is 17.5 Å². The van der Waals surface area contributed by atoms with Crippen LogP contribution in [0.5, 0.6) is 0 Å². The molecule has 0 saturated carbocycles. The fraction of sp³-hybridized carbons (Fsp3) is 0.294. The number of benzene rings is 2. The summed E-state index contributed by atoms with van der Waals surface area (Å²) in [6.07, 6.45) is 3.41. The molecule has 2 aromatic rings. The van der Waals surface area contributed by atoms with Crippen molar-refractivity contribution in [1.82, 2.24) is 0 Å². The Morgan fingerprint density at radius 2 is 1.85 bits per heavy atom. The highest BCUT2D eigenvalue weighted by atomic mass is 35.5. The molecule has 0 saturated heterocycles. The van der Waals surface area contributed by atoms with Crippen molar-refractivity contribution in [3.05, 3.63) is 69.2 Å². The number of fused-ring (bicyclic) bond motifs is 1. The monoisotopic (exact) mass is 305 g/mol. The van der Waals surface area contributed by atoms with Crippen molar-refractivity contribution < 1.29 is 0 Å². The van der Waals surface area contributed by atoms with Crippen LogP contribution in [0, 0.1) is 0 Å². The second kappa shape index (κ2) is 5.77. The average molecular weight is 306 g/mol. The van der Waals surface area contributed by atoms with Crippen molar-refractivity contribution in [3.8, 4) is 0 Å². The summed E-state index contributed by atoms with van der Waals surface area (Å²) < 4.78 is 0. The lowest BCUT2D eigenvalue weighted by molar-refractivity contribution is 0.475. The van der Waals surface area contributed by atoms with Gasteiger partial charge in [0.15, 0.2) is 0 Å². The fourth-order valence-electron chi connectivity index (χ4n) is 3.16. The van der Waals surface area contributed by atoms with E-state index in [2.05, 4.69) is 24.3 Å². The second-order valence-corrected chi connectivity index (χ2v) is 6.15. The highest BCUT2D eigenvalue weighted by Crippen LogP contribution is 2.41. The highest BCUT2D eigenvalue weighted by Gasteiger charge is 2.27. The predicted molar refractivity (Wildman–Crippen MR) is 85.5 cm³/mol. The van der Waals surface area contributed by atoms with Crippen LogP contribution in [0.3, 0.4) is 0 Å². The molecule has 2 unspecified atom stereocenters. The molecule has 3 heteroatoms. The first-order chi connectivity index (χ1) is 9.68. The van der Waals surface area contributed by atoms with Crippen LogP contribution in [-0.4, -0.2) is 0 Å². The molecule has 0 aromatic heterocycles. The molecule has 1 aliphatic rings. The van der Waals surface area contributed by atoms with Gasteiger partial charge in [-0.05, 0) is 42.0 Å². The van der Waals surface area contributed by atoms with Crippen molar-refractivity contribution in [2.24, 2.45) is 5.73 Å². The number of hydrogen-bond donors (Lipinski definition) is 1. The lowest BCUT2D eigenvalue weighted by atomic mass is 9.77. The molecule has 2 atom stereocenters. The number of hydrogen-bond acceptors (Lipinski definition) is 1. The molecule has 20 heavy (non-hydrogen) atoms. The first kappa shape index (κ1) is 13.9. The first-order valence-electron chi connectivity index (χ1n) is 6.96. The molecular weight excluding hydrogens is 289 g/mol. The Labute approximate surface area is 129 Å². The van der Waals surface area contributed by atoms with Crippen molar-refractivity contribution in [1.29, 1.82) is 0 Å². The molecule has 3 rings (SSSR count). The zero-order chi connectivity index (χ0) is 14.1. The molecule has 0 radical (unpaired) electrons. The largest absolute Gasteiger partial charge is 0.323 e. The quantitative estimate of drug-likeness (QED) is 0.819. The molecule has 0 fully saturated rings. The maximum Gasteiger partial charge on any atom is 0.0640 e. The highest BCUT2D eigenvalue weighted by molar-refractivity contribution is 6.42. The van der Waals surface area contributed by atoms with Gasteiger partial charge in [0.05, 0.1) is 10.0 Å². The second-order valence-electron chi connectivity index (χ2n) is 5.37. The van der Waals surface area contributed by atoms with Crippen molar-refractivity contribution in [2.75, 3.05) is 0 Å². The minimum absolute atomic E-state index is 0.109. The van der Waals surface area contributed by atoms with E-state index < -0.39 is 0 Å². The molecular formula is C17H17Cl2N. The zero-order valence-corrected chi connectivity index (χ0v) is 12.7. The van der Waals surface area contributed by atoms with E-state index in [-0.39, 0.29) is 6.04 Å². The van der Waals surface area contributed by atoms with E-state index in [1.807, 2.05) is 12.1 Å². The molecule has 2 aromatic carbocycles. The van der Waals surface area contributed by atoms with Gasteiger partial charge in [0.1, 0.15) is 0 Å². The van der Waals surface area contributed by atoms with E-state index in [9.17, 15) is 0 Å². The minimum Gasteiger partial charge on any atom is -0.323 e. The molecule has 1 nitrogen and oxygen atoms in total. The van der Waals surface area contributed by atoms with Gasteiger partial charge in [-0.2, -0.15) is 0 Å². The number of halogens is 2. The van der Waals surface area contributed by atoms with Crippen LogP contribution in [0.15, 0.2) is 42.5 Å². The molecule has 0 heterocycles. The number of nitrogens with two attached hydrogens (primary N) is 1. The summed E-state index contributed by atoms with van der Waals surface area (Å²) in [5.41, 5.74) is 10.2. The topological polar surface area (TPSA) is 26.0 Å². The molecule has 1 aliphatic carbocycles. The summed E-state index contributed by atoms with van der Waals surface area (Å²) in [5, 5.41) is 1.16. The van der Waals surface area contributed by atoms with Crippen LogP contribution in [0.1, 0.15) is 41.5 Å². The summed E-state index contributed by atoms with van der Waals surface area (Å²) >= 11 is 12.4. The third kappa shape index (κ3) is 2.46. The smallest absolute Gasteiger partial charge is 0.0640 e. The summed E-state index contributed by atoms with van der Waals surface area (Å²) in [6, 6.07) is 14.2. The van der Waals surface area contributed by atoms with E-state index in [1.54, 1.807) is 6.07 Å². The lowest BCUT2D eigenvalue weighted by Gasteiger charge is -2.31. The normalized spacial score (nSPS) is 19.4. The number of aryl methyl sites for hydroxylation is 1. The van der Waals surface area contributed by atoms with Gasteiger partial charge < -0.3 is 5.73 Å². The summed E-state index contributed by atoms with van der Waals surface area (Å²) in [7, 11) is 0. The molecule has 0 spiro atoms. The number of rotatable bonds is 2. The summed E-state index contributed by atoms with van der Waals surface area (Å²) in [6.45, 7) is 0. The fourth-order valence-corrected chi connectivity index (χ4v) is 3.59. The Balaban J connectivity index is 2.00. The van der Waals surface area contributed by atoms with Gasteiger partial charge >= 0.3 is 0 Å². The maximum absolute atomic E-state index is 6.51. The van der Waals surface area contributed by atoms with Crippen LogP contribution in [-0.2, 0) is 6.42 Å². The van der Waals surface area contributed by atoms with Gasteiger partial charge in [0.2, 0.25) is 0 Å². The molecule has 0 bridgehead atoms. The Morgan fingerprint density at radius 1 is 1.05 bits per heavy atom. The Hall–Kier alpha value is -1.02. The van der Waals surface area contributed by atoms with Crippen LogP contribution in [0.25, 0.3) is 0 Å². The summed E-state index contributed by atoms with van der Waals surface area (Å²) in [4.78, 5) is 0. The predicted octanol–water partition coefficient (Wildman–Crippen LogP) is 5.11. The van der Waals surface area contributed by atoms with Gasteiger partial charge in [0.25, 0.3) is 0 Å². The molecule has 2 N–H and O–H groups in total. The van der Waals surface area contributed by atoms with E-state index in [0.717, 1.165) is 18.4 Å². The van der Waals surface area contributed by atoms with Gasteiger partial charge in [-0.25, -0.2) is 0 Å². The maximum atomic E-state index is 6.51. The van der Waals surface area contributed by atoms with Gasteiger partial charge in [0, 0.05) is 12.0 Å². The Morgan fingerprint density at radius 3 is 2.70 bits per heavy atom. The third-order valence-electron chi connectivity index (χ3n) is 4.19.